The molecule has 0 aliphatic heterocycles. The van der Waals surface area contributed by atoms with Gasteiger partial charge >= 0.3 is 0 Å². The van der Waals surface area contributed by atoms with Crippen molar-refractivity contribution in [2.24, 2.45) is 0 Å². The average Bonchev–Trinajstić information content (AvgIpc) is 3.57. The zero-order valence-corrected chi connectivity index (χ0v) is 23.0. The quantitative estimate of drug-likeness (QED) is 0.207. The van der Waals surface area contributed by atoms with Gasteiger partial charge < -0.3 is 29.2 Å². The summed E-state index contributed by atoms with van der Waals surface area (Å²) < 4.78 is 23.0. The first-order chi connectivity index (χ1) is 19.5. The molecule has 2 N–H and O–H groups in total. The number of hydrogen-bond donors (Lipinski definition) is 2. The first kappa shape index (κ1) is 27.0. The lowest BCUT2D eigenvalue weighted by Gasteiger charge is -2.09. The van der Waals surface area contributed by atoms with Crippen LogP contribution in [0, 0.1) is 0 Å². The zero-order valence-electron chi connectivity index (χ0n) is 22.2. The largest absolute Gasteiger partial charge is 0.497 e. The van der Waals surface area contributed by atoms with E-state index < -0.39 is 0 Å². The van der Waals surface area contributed by atoms with Gasteiger partial charge in [-0.25, -0.2) is 4.98 Å². The fourth-order valence-corrected chi connectivity index (χ4v) is 4.34. The predicted molar refractivity (Wildman–Crippen MR) is 153 cm³/mol. The normalized spacial score (nSPS) is 11.0. The van der Waals surface area contributed by atoms with Crippen molar-refractivity contribution in [2.75, 3.05) is 39.9 Å². The summed E-state index contributed by atoms with van der Waals surface area (Å²) in [5.74, 6) is 2.55. The van der Waals surface area contributed by atoms with Gasteiger partial charge in [-0.15, -0.1) is 0 Å². The van der Waals surface area contributed by atoms with Crippen LogP contribution in [0.4, 0.5) is 5.82 Å². The van der Waals surface area contributed by atoms with Crippen LogP contribution in [0.1, 0.15) is 15.9 Å². The summed E-state index contributed by atoms with van der Waals surface area (Å²) in [7, 11) is 4.83. The molecular weight excluding hydrogens is 534 g/mol. The highest BCUT2D eigenvalue weighted by Gasteiger charge is 2.18. The van der Waals surface area contributed by atoms with E-state index in [1.807, 2.05) is 42.5 Å². The minimum Gasteiger partial charge on any atom is -0.497 e. The van der Waals surface area contributed by atoms with E-state index in [0.717, 1.165) is 22.3 Å². The van der Waals surface area contributed by atoms with Gasteiger partial charge in [0.25, 0.3) is 5.91 Å². The van der Waals surface area contributed by atoms with Crippen molar-refractivity contribution in [3.8, 4) is 28.8 Å². The van der Waals surface area contributed by atoms with Gasteiger partial charge in [0.05, 0.1) is 43.4 Å². The Labute approximate surface area is 235 Å². The number of nitrogens with zero attached hydrogens (tertiary/aromatic N) is 3. The Kier molecular flexibility index (Phi) is 8.18. The molecular formula is C29H28ClN5O5. The number of amides is 1. The Bertz CT molecular complexity index is 1630. The number of nitrogens with one attached hydrogen (secondary N) is 2. The van der Waals surface area contributed by atoms with Crippen LogP contribution in [0.2, 0.25) is 5.02 Å². The highest BCUT2D eigenvalue weighted by molar-refractivity contribution is 6.32. The van der Waals surface area contributed by atoms with Gasteiger partial charge in [-0.1, -0.05) is 23.7 Å². The molecule has 0 aliphatic rings. The summed E-state index contributed by atoms with van der Waals surface area (Å²) in [5.41, 5.74) is 3.66. The molecule has 0 spiro atoms. The predicted octanol–water partition coefficient (Wildman–Crippen LogP) is 5.42. The molecule has 5 rings (SSSR count). The molecule has 0 unspecified atom stereocenters. The molecule has 5 aromatic rings. The fraction of sp³-hybridized carbons (Fsp3) is 0.207. The van der Waals surface area contributed by atoms with Crippen molar-refractivity contribution in [3.05, 3.63) is 82.9 Å². The summed E-state index contributed by atoms with van der Waals surface area (Å²) in [4.78, 5) is 21.2. The maximum atomic E-state index is 13.1. The molecule has 0 bridgehead atoms. The SMILES string of the molecule is COCCOc1ccc(C(=O)Nc2cc(-c3nc4cc(OC)ccc4[nH]3)n(Cc3ccc(OC)cc3)n2)cc1Cl. The number of benzene rings is 3. The van der Waals surface area contributed by atoms with Crippen molar-refractivity contribution in [1.82, 2.24) is 19.7 Å². The van der Waals surface area contributed by atoms with Crippen LogP contribution in [-0.4, -0.2) is 60.2 Å². The van der Waals surface area contributed by atoms with Crippen LogP contribution in [0.5, 0.6) is 17.2 Å². The number of anilines is 1. The summed E-state index contributed by atoms with van der Waals surface area (Å²) in [6.07, 6.45) is 0. The molecule has 0 fully saturated rings. The van der Waals surface area contributed by atoms with E-state index >= 15 is 0 Å². The van der Waals surface area contributed by atoms with Crippen LogP contribution in [-0.2, 0) is 11.3 Å². The number of carbonyl (C=O) groups excluding carboxylic acids is 1. The van der Waals surface area contributed by atoms with Gasteiger partial charge in [0.1, 0.15) is 29.5 Å². The van der Waals surface area contributed by atoms with Gasteiger partial charge in [0, 0.05) is 24.8 Å². The maximum absolute atomic E-state index is 13.1. The molecule has 3 aromatic carbocycles. The van der Waals surface area contributed by atoms with Crippen molar-refractivity contribution in [1.29, 1.82) is 0 Å². The number of aromatic amines is 1. The molecule has 2 heterocycles. The number of carbonyl (C=O) groups is 1. The topological polar surface area (TPSA) is 113 Å². The Morgan fingerprint density at radius 1 is 0.950 bits per heavy atom. The molecule has 10 nitrogen and oxygen atoms in total. The summed E-state index contributed by atoms with van der Waals surface area (Å²) in [5, 5.41) is 7.88. The number of methoxy groups -OCH3 is 3. The van der Waals surface area contributed by atoms with Crippen LogP contribution in [0.25, 0.3) is 22.6 Å². The third kappa shape index (κ3) is 6.03. The Balaban J connectivity index is 1.43. The van der Waals surface area contributed by atoms with Crippen LogP contribution in [0.15, 0.2) is 66.7 Å². The van der Waals surface area contributed by atoms with Crippen LogP contribution in [0.3, 0.4) is 0 Å². The summed E-state index contributed by atoms with van der Waals surface area (Å²) >= 11 is 6.34. The molecule has 0 aliphatic carbocycles. The molecule has 0 saturated carbocycles. The zero-order chi connectivity index (χ0) is 28.1. The molecule has 1 amide bonds. The monoisotopic (exact) mass is 561 g/mol. The van der Waals surface area contributed by atoms with E-state index in [-0.39, 0.29) is 5.91 Å². The van der Waals surface area contributed by atoms with Crippen LogP contribution < -0.4 is 19.5 Å². The van der Waals surface area contributed by atoms with Crippen molar-refractivity contribution in [2.45, 2.75) is 6.54 Å². The summed E-state index contributed by atoms with van der Waals surface area (Å²) in [6, 6.07) is 20.0. The molecule has 206 valence electrons. The van der Waals surface area contributed by atoms with Gasteiger partial charge in [-0.05, 0) is 48.0 Å². The standard InChI is InChI=1S/C29H28ClN5O5/c1-37-12-13-40-26-11-6-19(14-22(26)30)29(36)33-27-16-25(28-31-23-10-9-21(39-3)15-24(23)32-28)35(34-27)17-18-4-7-20(38-2)8-5-18/h4-11,14-16H,12-13,17H2,1-3H3,(H,31,32)(H,33,34,36). The Morgan fingerprint density at radius 2 is 1.73 bits per heavy atom. The third-order valence-electron chi connectivity index (χ3n) is 6.18. The van der Waals surface area contributed by atoms with Gasteiger partial charge in [-0.3, -0.25) is 9.48 Å². The van der Waals surface area contributed by atoms with E-state index in [2.05, 4.69) is 15.4 Å². The van der Waals surface area contributed by atoms with E-state index in [9.17, 15) is 4.79 Å². The lowest BCUT2D eigenvalue weighted by Crippen LogP contribution is -2.13. The summed E-state index contributed by atoms with van der Waals surface area (Å²) in [6.45, 7) is 1.22. The number of halogens is 1. The van der Waals surface area contributed by atoms with Crippen molar-refractivity contribution >= 4 is 34.4 Å². The Hall–Kier alpha value is -4.54. The second-order valence-electron chi connectivity index (χ2n) is 8.83. The third-order valence-corrected chi connectivity index (χ3v) is 6.48. The lowest BCUT2D eigenvalue weighted by atomic mass is 10.2. The molecule has 40 heavy (non-hydrogen) atoms. The van der Waals surface area contributed by atoms with Crippen molar-refractivity contribution in [3.63, 3.8) is 0 Å². The number of imidazole rings is 1. The molecule has 2 aromatic heterocycles. The number of rotatable bonds is 11. The number of fused-ring (bicyclic) bond motifs is 1. The van der Waals surface area contributed by atoms with Gasteiger partial charge in [-0.2, -0.15) is 5.10 Å². The lowest BCUT2D eigenvalue weighted by molar-refractivity contribution is 0.102. The highest BCUT2D eigenvalue weighted by Crippen LogP contribution is 2.28. The first-order valence-electron chi connectivity index (χ1n) is 12.4. The highest BCUT2D eigenvalue weighted by atomic mass is 35.5. The number of aromatic nitrogens is 4. The van der Waals surface area contributed by atoms with E-state index in [0.29, 0.717) is 59.2 Å². The van der Waals surface area contributed by atoms with E-state index in [4.69, 9.17) is 35.5 Å². The smallest absolute Gasteiger partial charge is 0.256 e. The van der Waals surface area contributed by atoms with Crippen molar-refractivity contribution < 1.29 is 23.7 Å². The molecule has 0 atom stereocenters. The maximum Gasteiger partial charge on any atom is 0.256 e. The van der Waals surface area contributed by atoms with E-state index in [1.165, 1.54) is 0 Å². The molecule has 0 saturated heterocycles. The minimum absolute atomic E-state index is 0.326. The molecule has 11 heteroatoms. The number of ether oxygens (including phenoxy) is 4. The van der Waals surface area contributed by atoms with E-state index in [1.54, 1.807) is 50.3 Å². The Morgan fingerprint density at radius 3 is 2.45 bits per heavy atom. The number of H-pyrrole nitrogens is 1. The van der Waals surface area contributed by atoms with Gasteiger partial charge in [0.2, 0.25) is 0 Å². The number of hydrogen-bond acceptors (Lipinski definition) is 7. The van der Waals surface area contributed by atoms with Crippen LogP contribution >= 0.6 is 11.6 Å². The first-order valence-corrected chi connectivity index (χ1v) is 12.8. The van der Waals surface area contributed by atoms with Gasteiger partial charge in [0.15, 0.2) is 11.6 Å². The second kappa shape index (κ2) is 12.1. The average molecular weight is 562 g/mol. The minimum atomic E-state index is -0.361. The molecule has 0 radical (unpaired) electrons. The fourth-order valence-electron chi connectivity index (χ4n) is 4.11. The second-order valence-corrected chi connectivity index (χ2v) is 9.24.